The molecule has 0 spiro atoms. The van der Waals surface area contributed by atoms with Crippen molar-refractivity contribution in [2.24, 2.45) is 0 Å². The number of aromatic hydroxyl groups is 1. The molecule has 1 aliphatic heterocycles. The fourth-order valence-corrected chi connectivity index (χ4v) is 3.09. The molecule has 0 atom stereocenters. The Balaban J connectivity index is 1.75. The molecule has 0 unspecified atom stereocenters. The predicted molar refractivity (Wildman–Crippen MR) is 103 cm³/mol. The van der Waals surface area contributed by atoms with E-state index in [1.54, 1.807) is 31.4 Å². The Labute approximate surface area is 151 Å². The zero-order valence-electron chi connectivity index (χ0n) is 14.2. The van der Waals surface area contributed by atoms with Crippen LogP contribution in [0.1, 0.15) is 11.1 Å². The van der Waals surface area contributed by atoms with E-state index in [2.05, 4.69) is 5.32 Å². The molecule has 0 aliphatic carbocycles. The van der Waals surface area contributed by atoms with Gasteiger partial charge in [0.05, 0.1) is 7.11 Å². The molecule has 0 saturated heterocycles. The molecule has 4 nitrogen and oxygen atoms in total. The smallest absolute Gasteiger partial charge is 0.256 e. The number of phenolic OH excluding ortho intramolecular Hbond substituents is 1. The summed E-state index contributed by atoms with van der Waals surface area (Å²) >= 11 is 0. The van der Waals surface area contributed by atoms with Gasteiger partial charge < -0.3 is 15.2 Å². The van der Waals surface area contributed by atoms with Gasteiger partial charge >= 0.3 is 0 Å². The number of amides is 1. The van der Waals surface area contributed by atoms with E-state index in [-0.39, 0.29) is 11.7 Å². The molecule has 0 aromatic heterocycles. The van der Waals surface area contributed by atoms with Crippen LogP contribution in [0.4, 0.5) is 5.69 Å². The first kappa shape index (κ1) is 16.0. The van der Waals surface area contributed by atoms with E-state index in [0.29, 0.717) is 11.1 Å². The first-order valence-electron chi connectivity index (χ1n) is 8.25. The lowest BCUT2D eigenvalue weighted by atomic mass is 9.99. The molecule has 128 valence electrons. The number of rotatable bonds is 3. The van der Waals surface area contributed by atoms with Gasteiger partial charge in [-0.05, 0) is 41.5 Å². The minimum absolute atomic E-state index is 0.147. The van der Waals surface area contributed by atoms with Gasteiger partial charge in [0, 0.05) is 22.4 Å². The zero-order chi connectivity index (χ0) is 18.1. The third-order valence-electron chi connectivity index (χ3n) is 4.44. The molecule has 2 N–H and O–H groups in total. The molecule has 0 saturated carbocycles. The summed E-state index contributed by atoms with van der Waals surface area (Å²) in [7, 11) is 1.64. The van der Waals surface area contributed by atoms with Crippen LogP contribution in [0.15, 0.2) is 66.7 Å². The topological polar surface area (TPSA) is 58.6 Å². The maximum Gasteiger partial charge on any atom is 0.256 e. The predicted octanol–water partition coefficient (Wildman–Crippen LogP) is 4.56. The number of methoxy groups -OCH3 is 1. The van der Waals surface area contributed by atoms with Gasteiger partial charge in [-0.15, -0.1) is 0 Å². The molecule has 1 heterocycles. The molecule has 4 heteroatoms. The molecule has 3 aromatic rings. The lowest BCUT2D eigenvalue weighted by Crippen LogP contribution is -2.03. The van der Waals surface area contributed by atoms with Crippen molar-refractivity contribution in [2.45, 2.75) is 0 Å². The van der Waals surface area contributed by atoms with E-state index in [1.807, 2.05) is 48.5 Å². The summed E-state index contributed by atoms with van der Waals surface area (Å²) in [6.45, 7) is 0. The van der Waals surface area contributed by atoms with Gasteiger partial charge in [0.1, 0.15) is 11.5 Å². The number of hydrogen-bond acceptors (Lipinski definition) is 3. The second-order valence-electron chi connectivity index (χ2n) is 6.06. The number of para-hydroxylation sites is 1. The molecule has 26 heavy (non-hydrogen) atoms. The Hall–Kier alpha value is -3.53. The van der Waals surface area contributed by atoms with Crippen LogP contribution in [0.2, 0.25) is 0 Å². The fourth-order valence-electron chi connectivity index (χ4n) is 3.09. The summed E-state index contributed by atoms with van der Waals surface area (Å²) < 4.78 is 5.28. The Morgan fingerprint density at radius 2 is 1.77 bits per heavy atom. The monoisotopic (exact) mass is 343 g/mol. The highest BCUT2D eigenvalue weighted by Crippen LogP contribution is 2.37. The van der Waals surface area contributed by atoms with E-state index in [0.717, 1.165) is 28.1 Å². The molecule has 3 aromatic carbocycles. The average molecular weight is 343 g/mol. The largest absolute Gasteiger partial charge is 0.507 e. The van der Waals surface area contributed by atoms with E-state index in [4.69, 9.17) is 4.74 Å². The van der Waals surface area contributed by atoms with E-state index in [1.165, 1.54) is 0 Å². The molecule has 0 bridgehead atoms. The van der Waals surface area contributed by atoms with Crippen molar-refractivity contribution in [3.8, 4) is 22.6 Å². The number of carbonyl (C=O) groups is 1. The maximum atomic E-state index is 12.4. The number of hydrogen-bond donors (Lipinski definition) is 2. The summed E-state index contributed by atoms with van der Waals surface area (Å²) in [5, 5.41) is 12.9. The zero-order valence-corrected chi connectivity index (χ0v) is 14.2. The number of fused-ring (bicyclic) bond motifs is 1. The molecule has 1 amide bonds. The third kappa shape index (κ3) is 2.82. The standard InChI is InChI=1S/C22H17NO3/c1-26-17-7-4-6-14(11-17)15-9-10-18-19(22(25)23-20(18)13-15)12-16-5-2-3-8-21(16)24/h2-13,24H,1H3,(H,23,25)/b19-12+. The highest BCUT2D eigenvalue weighted by Gasteiger charge is 2.24. The Morgan fingerprint density at radius 1 is 0.962 bits per heavy atom. The number of benzene rings is 3. The van der Waals surface area contributed by atoms with Crippen LogP contribution in [0.5, 0.6) is 11.5 Å². The van der Waals surface area contributed by atoms with Gasteiger partial charge in [-0.1, -0.05) is 42.5 Å². The molecular formula is C22H17NO3. The molecular weight excluding hydrogens is 326 g/mol. The molecule has 0 fully saturated rings. The number of phenols is 1. The van der Waals surface area contributed by atoms with Crippen LogP contribution in [0.3, 0.4) is 0 Å². The van der Waals surface area contributed by atoms with Crippen molar-refractivity contribution in [1.82, 2.24) is 0 Å². The lowest BCUT2D eigenvalue weighted by Gasteiger charge is -2.07. The number of ether oxygens (including phenoxy) is 1. The third-order valence-corrected chi connectivity index (χ3v) is 4.44. The highest BCUT2D eigenvalue weighted by molar-refractivity contribution is 6.35. The minimum Gasteiger partial charge on any atom is -0.507 e. The van der Waals surface area contributed by atoms with E-state index >= 15 is 0 Å². The van der Waals surface area contributed by atoms with Gasteiger partial charge in [-0.2, -0.15) is 0 Å². The van der Waals surface area contributed by atoms with Crippen molar-refractivity contribution in [1.29, 1.82) is 0 Å². The van der Waals surface area contributed by atoms with Gasteiger partial charge in [-0.25, -0.2) is 0 Å². The van der Waals surface area contributed by atoms with E-state index in [9.17, 15) is 9.90 Å². The quantitative estimate of drug-likeness (QED) is 0.685. The summed E-state index contributed by atoms with van der Waals surface area (Å²) in [4.78, 5) is 12.4. The van der Waals surface area contributed by atoms with Crippen LogP contribution in [0, 0.1) is 0 Å². The first-order chi connectivity index (χ1) is 12.7. The second kappa shape index (κ2) is 6.41. The normalized spacial score (nSPS) is 14.2. The van der Waals surface area contributed by atoms with Crippen LogP contribution in [-0.2, 0) is 4.79 Å². The van der Waals surface area contributed by atoms with Gasteiger partial charge in [-0.3, -0.25) is 4.79 Å². The van der Waals surface area contributed by atoms with Crippen molar-refractivity contribution < 1.29 is 14.6 Å². The van der Waals surface area contributed by atoms with Crippen LogP contribution in [0.25, 0.3) is 22.8 Å². The Kier molecular flexibility index (Phi) is 3.93. The van der Waals surface area contributed by atoms with Crippen molar-refractivity contribution >= 4 is 23.2 Å². The first-order valence-corrected chi connectivity index (χ1v) is 8.25. The maximum absolute atomic E-state index is 12.4. The summed E-state index contributed by atoms with van der Waals surface area (Å²) in [6, 6.07) is 20.6. The fraction of sp³-hybridized carbons (Fsp3) is 0.0455. The van der Waals surface area contributed by atoms with E-state index < -0.39 is 0 Å². The SMILES string of the molecule is COc1cccc(-c2ccc3c(c2)NC(=O)/C3=C/c2ccccc2O)c1. The lowest BCUT2D eigenvalue weighted by molar-refractivity contribution is -0.110. The molecule has 1 aliphatic rings. The van der Waals surface area contributed by atoms with Crippen LogP contribution >= 0.6 is 0 Å². The van der Waals surface area contributed by atoms with Crippen LogP contribution in [-0.4, -0.2) is 18.1 Å². The summed E-state index contributed by atoms with van der Waals surface area (Å²) in [5.41, 5.74) is 4.74. The summed E-state index contributed by atoms with van der Waals surface area (Å²) in [5.74, 6) is 0.757. The Morgan fingerprint density at radius 3 is 2.58 bits per heavy atom. The number of carbonyl (C=O) groups excluding carboxylic acids is 1. The van der Waals surface area contributed by atoms with Crippen molar-refractivity contribution in [3.05, 3.63) is 77.9 Å². The summed E-state index contributed by atoms with van der Waals surface area (Å²) in [6.07, 6.45) is 1.71. The molecule has 0 radical (unpaired) electrons. The number of anilines is 1. The second-order valence-corrected chi connectivity index (χ2v) is 6.06. The van der Waals surface area contributed by atoms with Gasteiger partial charge in [0.2, 0.25) is 0 Å². The van der Waals surface area contributed by atoms with Crippen LogP contribution < -0.4 is 10.1 Å². The minimum atomic E-state index is -0.175. The van der Waals surface area contributed by atoms with Crippen molar-refractivity contribution in [2.75, 3.05) is 12.4 Å². The molecule has 4 rings (SSSR count). The highest BCUT2D eigenvalue weighted by atomic mass is 16.5. The van der Waals surface area contributed by atoms with Gasteiger partial charge in [0.15, 0.2) is 0 Å². The van der Waals surface area contributed by atoms with Gasteiger partial charge in [0.25, 0.3) is 5.91 Å². The van der Waals surface area contributed by atoms with Crippen molar-refractivity contribution in [3.63, 3.8) is 0 Å². The Bertz CT molecular complexity index is 1040. The number of nitrogens with one attached hydrogen (secondary N) is 1. The average Bonchev–Trinajstić information content (AvgIpc) is 2.98.